The van der Waals surface area contributed by atoms with Crippen molar-refractivity contribution in [2.24, 2.45) is 0 Å². The zero-order valence-corrected chi connectivity index (χ0v) is 7.92. The number of aliphatic hydroxyl groups excluding tert-OH is 1. The van der Waals surface area contributed by atoms with Crippen molar-refractivity contribution in [3.8, 4) is 0 Å². The number of aromatic nitrogens is 3. The van der Waals surface area contributed by atoms with Gasteiger partial charge < -0.3 is 5.11 Å². The molecule has 0 spiro atoms. The van der Waals surface area contributed by atoms with Crippen molar-refractivity contribution in [2.75, 3.05) is 5.43 Å². The summed E-state index contributed by atoms with van der Waals surface area (Å²) in [5.41, 5.74) is 2.36. The molecule has 0 amide bonds. The summed E-state index contributed by atoms with van der Waals surface area (Å²) in [5.74, 6) is 0. The number of alkyl halides is 3. The summed E-state index contributed by atoms with van der Waals surface area (Å²) in [6.07, 6.45) is 1.53. The van der Waals surface area contributed by atoms with Crippen LogP contribution in [0.2, 0.25) is 0 Å². The second-order valence-electron chi connectivity index (χ2n) is 1.92. The predicted octanol–water partition coefficient (Wildman–Crippen LogP) is 0.510. The van der Waals surface area contributed by atoms with Gasteiger partial charge in [0, 0.05) is 0 Å². The van der Waals surface area contributed by atoms with Crippen LogP contribution in [-0.2, 0) is 0 Å². The van der Waals surface area contributed by atoms with E-state index < -0.39 is 10.0 Å². The van der Waals surface area contributed by atoms with Gasteiger partial charge in [-0.2, -0.15) is 4.79 Å². The smallest absolute Gasteiger partial charge is 0.235 e. The van der Waals surface area contributed by atoms with Gasteiger partial charge in [0.25, 0.3) is 0 Å². The molecule has 1 aromatic heterocycles. The van der Waals surface area contributed by atoms with Crippen molar-refractivity contribution in [3.63, 3.8) is 0 Å². The van der Waals surface area contributed by atoms with Crippen LogP contribution < -0.4 is 5.43 Å². The van der Waals surface area contributed by atoms with Crippen LogP contribution >= 0.6 is 34.8 Å². The molecule has 0 aromatic carbocycles. The molecule has 0 aliphatic carbocycles. The molecule has 8 heteroatoms. The van der Waals surface area contributed by atoms with Gasteiger partial charge in [0.15, 0.2) is 6.23 Å². The Morgan fingerprint density at radius 1 is 1.50 bits per heavy atom. The summed E-state index contributed by atoms with van der Waals surface area (Å²) in [6, 6.07) is 0. The zero-order chi connectivity index (χ0) is 9.19. The van der Waals surface area contributed by atoms with Crippen molar-refractivity contribution < 1.29 is 5.11 Å². The first-order valence-electron chi connectivity index (χ1n) is 2.88. The molecule has 0 radical (unpaired) electrons. The maximum Gasteiger partial charge on any atom is 0.235 e. The highest BCUT2D eigenvalue weighted by Gasteiger charge is 2.31. The molecule has 0 saturated heterocycles. The molecule has 68 valence electrons. The Morgan fingerprint density at radius 2 is 2.17 bits per heavy atom. The first-order valence-corrected chi connectivity index (χ1v) is 4.01. The average Bonchev–Trinajstić information content (AvgIpc) is 2.37. The fraction of sp³-hybridized carbons (Fsp3) is 0.500. The molecule has 0 aliphatic heterocycles. The SMILES string of the molecule is OC(Nn1ccnn1)C(Cl)(Cl)Cl. The minimum absolute atomic E-state index is 1.13. The minimum atomic E-state index is -1.80. The lowest BCUT2D eigenvalue weighted by molar-refractivity contribution is 0.188. The Bertz CT molecular complexity index is 233. The van der Waals surface area contributed by atoms with E-state index in [0.717, 1.165) is 4.79 Å². The van der Waals surface area contributed by atoms with E-state index in [1.54, 1.807) is 0 Å². The zero-order valence-electron chi connectivity index (χ0n) is 5.65. The van der Waals surface area contributed by atoms with Crippen LogP contribution in [0.5, 0.6) is 0 Å². The van der Waals surface area contributed by atoms with Crippen LogP contribution in [0.4, 0.5) is 0 Å². The molecule has 1 aromatic rings. The summed E-state index contributed by atoms with van der Waals surface area (Å²) in [4.78, 5) is 1.13. The molecule has 0 fully saturated rings. The maximum atomic E-state index is 9.16. The Hall–Kier alpha value is -0.230. The monoisotopic (exact) mass is 230 g/mol. The lowest BCUT2D eigenvalue weighted by Gasteiger charge is -2.19. The highest BCUT2D eigenvalue weighted by Crippen LogP contribution is 2.29. The van der Waals surface area contributed by atoms with Gasteiger partial charge in [-0.15, -0.1) is 5.10 Å². The fourth-order valence-electron chi connectivity index (χ4n) is 0.476. The van der Waals surface area contributed by atoms with Gasteiger partial charge in [0.05, 0.1) is 12.4 Å². The van der Waals surface area contributed by atoms with Crippen LogP contribution in [0.3, 0.4) is 0 Å². The number of rotatable bonds is 2. The second-order valence-corrected chi connectivity index (χ2v) is 4.29. The van der Waals surface area contributed by atoms with E-state index in [-0.39, 0.29) is 0 Å². The summed E-state index contributed by atoms with van der Waals surface area (Å²) in [6.45, 7) is 0. The van der Waals surface area contributed by atoms with Gasteiger partial charge in [0.2, 0.25) is 3.79 Å². The Labute approximate surface area is 83.2 Å². The number of hydrogen-bond acceptors (Lipinski definition) is 4. The topological polar surface area (TPSA) is 63.0 Å². The van der Waals surface area contributed by atoms with E-state index in [4.69, 9.17) is 39.9 Å². The number of nitrogens with zero attached hydrogens (tertiary/aromatic N) is 3. The molecule has 1 heterocycles. The molecule has 5 nitrogen and oxygen atoms in total. The van der Waals surface area contributed by atoms with Gasteiger partial charge in [0.1, 0.15) is 0 Å². The molecule has 0 bridgehead atoms. The van der Waals surface area contributed by atoms with Crippen molar-refractivity contribution in [3.05, 3.63) is 12.4 Å². The summed E-state index contributed by atoms with van der Waals surface area (Å²) in [7, 11) is 0. The van der Waals surface area contributed by atoms with E-state index in [9.17, 15) is 0 Å². The standard InChI is InChI=1S/C4H5Cl3N4O/c5-4(6,7)3(12)9-11-2-1-8-10-11/h1-3,9,12H. The predicted molar refractivity (Wildman–Crippen MR) is 45.7 cm³/mol. The fourth-order valence-corrected chi connectivity index (χ4v) is 0.622. The van der Waals surface area contributed by atoms with Crippen molar-refractivity contribution in [2.45, 2.75) is 10.0 Å². The van der Waals surface area contributed by atoms with Gasteiger partial charge in [-0.05, 0) is 5.21 Å². The van der Waals surface area contributed by atoms with E-state index in [0.29, 0.717) is 0 Å². The van der Waals surface area contributed by atoms with Crippen LogP contribution in [0.1, 0.15) is 0 Å². The average molecular weight is 231 g/mol. The van der Waals surface area contributed by atoms with E-state index in [1.807, 2.05) is 0 Å². The van der Waals surface area contributed by atoms with Crippen LogP contribution in [-0.4, -0.2) is 30.2 Å². The summed E-state index contributed by atoms with van der Waals surface area (Å²) >= 11 is 16.1. The Morgan fingerprint density at radius 3 is 2.58 bits per heavy atom. The molecule has 0 saturated carbocycles. The number of hydrogen-bond donors (Lipinski definition) is 2. The largest absolute Gasteiger partial charge is 0.369 e. The normalized spacial score (nSPS) is 14.3. The molecule has 1 rings (SSSR count). The Kier molecular flexibility index (Phi) is 3.00. The van der Waals surface area contributed by atoms with Gasteiger partial charge in [-0.1, -0.05) is 34.8 Å². The molecule has 1 unspecified atom stereocenters. The van der Waals surface area contributed by atoms with Crippen molar-refractivity contribution in [1.29, 1.82) is 0 Å². The molecule has 2 N–H and O–H groups in total. The molecule has 0 aliphatic rings. The maximum absolute atomic E-state index is 9.16. The first-order chi connectivity index (χ1) is 5.50. The lowest BCUT2D eigenvalue weighted by Crippen LogP contribution is -2.38. The van der Waals surface area contributed by atoms with Crippen LogP contribution in [0.15, 0.2) is 12.4 Å². The third kappa shape index (κ3) is 2.67. The summed E-state index contributed by atoms with van der Waals surface area (Å²) in [5, 5.41) is 16.1. The molecule has 1 atom stereocenters. The van der Waals surface area contributed by atoms with Crippen LogP contribution in [0.25, 0.3) is 0 Å². The lowest BCUT2D eigenvalue weighted by atomic mass is 10.7. The summed E-state index contributed by atoms with van der Waals surface area (Å²) < 4.78 is -1.80. The van der Waals surface area contributed by atoms with Crippen LogP contribution in [0, 0.1) is 0 Å². The highest BCUT2D eigenvalue weighted by atomic mass is 35.6. The number of halogens is 3. The minimum Gasteiger partial charge on any atom is -0.369 e. The van der Waals surface area contributed by atoms with Gasteiger partial charge >= 0.3 is 0 Å². The van der Waals surface area contributed by atoms with Gasteiger partial charge in [-0.3, -0.25) is 5.43 Å². The van der Waals surface area contributed by atoms with E-state index in [1.165, 1.54) is 12.4 Å². The third-order valence-electron chi connectivity index (χ3n) is 0.987. The first kappa shape index (κ1) is 9.85. The van der Waals surface area contributed by atoms with E-state index >= 15 is 0 Å². The second kappa shape index (κ2) is 3.66. The quantitative estimate of drug-likeness (QED) is 0.575. The van der Waals surface area contributed by atoms with E-state index in [2.05, 4.69) is 15.7 Å². The molecular formula is C4H5Cl3N4O. The molecular weight excluding hydrogens is 226 g/mol. The Balaban J connectivity index is 2.53. The highest BCUT2D eigenvalue weighted by molar-refractivity contribution is 6.68. The van der Waals surface area contributed by atoms with Crippen molar-refractivity contribution in [1.82, 2.24) is 15.1 Å². The number of aliphatic hydroxyl groups is 1. The van der Waals surface area contributed by atoms with Crippen molar-refractivity contribution >= 4 is 34.8 Å². The number of nitrogens with one attached hydrogen (secondary N) is 1. The van der Waals surface area contributed by atoms with Gasteiger partial charge in [-0.25, -0.2) is 0 Å². The molecule has 12 heavy (non-hydrogen) atoms. The third-order valence-corrected chi connectivity index (χ3v) is 1.61.